The summed E-state index contributed by atoms with van der Waals surface area (Å²) in [5.74, 6) is 2.44. The summed E-state index contributed by atoms with van der Waals surface area (Å²) < 4.78 is 0. The Morgan fingerprint density at radius 1 is 1.35 bits per heavy atom. The molecule has 1 saturated carbocycles. The van der Waals surface area contributed by atoms with Gasteiger partial charge in [0.05, 0.1) is 7.05 Å². The van der Waals surface area contributed by atoms with Gasteiger partial charge in [-0.1, -0.05) is 13.3 Å². The molecule has 0 bridgehead atoms. The van der Waals surface area contributed by atoms with E-state index in [9.17, 15) is 0 Å². The maximum absolute atomic E-state index is 4.28. The molecule has 2 unspecified atom stereocenters. The quantitative estimate of drug-likeness (QED) is 0.755. The molecule has 1 fully saturated rings. The molecule has 96 valence electrons. The number of hydrogen-bond acceptors (Lipinski definition) is 4. The lowest BCUT2D eigenvalue weighted by molar-refractivity contribution is 0.360. The van der Waals surface area contributed by atoms with Crippen molar-refractivity contribution in [3.05, 3.63) is 5.82 Å². The first-order valence-electron chi connectivity index (χ1n) is 6.73. The molecular weight excluding hydrogens is 214 g/mol. The Labute approximate surface area is 103 Å². The number of nitrogens with one attached hydrogen (secondary N) is 1. The van der Waals surface area contributed by atoms with E-state index in [2.05, 4.69) is 27.7 Å². The second kappa shape index (κ2) is 6.10. The number of aryl methyl sites for hydroxylation is 1. The molecule has 1 N–H and O–H groups in total. The van der Waals surface area contributed by atoms with Gasteiger partial charge in [0.15, 0.2) is 5.82 Å². The molecule has 2 rings (SSSR count). The number of aromatic nitrogens is 4. The van der Waals surface area contributed by atoms with E-state index in [1.807, 2.05) is 7.05 Å². The molecule has 5 nitrogen and oxygen atoms in total. The maximum Gasteiger partial charge on any atom is 0.175 e. The lowest BCUT2D eigenvalue weighted by Gasteiger charge is -2.18. The molecule has 1 heterocycles. The maximum atomic E-state index is 4.28. The summed E-state index contributed by atoms with van der Waals surface area (Å²) in [6, 6.07) is 0. The molecule has 1 aliphatic rings. The average molecular weight is 237 g/mol. The third kappa shape index (κ3) is 3.49. The Balaban J connectivity index is 1.82. The largest absolute Gasteiger partial charge is 0.316 e. The first kappa shape index (κ1) is 12.5. The highest BCUT2D eigenvalue weighted by Gasteiger charge is 2.28. The Bertz CT molecular complexity index is 335. The summed E-state index contributed by atoms with van der Waals surface area (Å²) in [5.41, 5.74) is 0. The zero-order chi connectivity index (χ0) is 12.1. The second-order valence-electron chi connectivity index (χ2n) is 5.05. The van der Waals surface area contributed by atoms with Crippen molar-refractivity contribution in [2.45, 2.75) is 39.0 Å². The molecule has 0 radical (unpaired) electrons. The van der Waals surface area contributed by atoms with Crippen molar-refractivity contribution in [3.8, 4) is 0 Å². The fourth-order valence-electron chi connectivity index (χ4n) is 2.75. The van der Waals surface area contributed by atoms with E-state index in [-0.39, 0.29) is 0 Å². The van der Waals surface area contributed by atoms with Gasteiger partial charge in [-0.05, 0) is 49.4 Å². The van der Waals surface area contributed by atoms with Gasteiger partial charge in [-0.3, -0.25) is 0 Å². The van der Waals surface area contributed by atoms with E-state index in [1.165, 1.54) is 25.7 Å². The average Bonchev–Trinajstić information content (AvgIpc) is 2.90. The molecule has 17 heavy (non-hydrogen) atoms. The van der Waals surface area contributed by atoms with Crippen LogP contribution < -0.4 is 5.32 Å². The second-order valence-corrected chi connectivity index (χ2v) is 5.05. The summed E-state index contributed by atoms with van der Waals surface area (Å²) in [5, 5.41) is 15.8. The third-order valence-electron chi connectivity index (χ3n) is 3.64. The molecule has 5 heteroatoms. The van der Waals surface area contributed by atoms with Gasteiger partial charge >= 0.3 is 0 Å². The minimum absolute atomic E-state index is 0.739. The molecule has 0 amide bonds. The van der Waals surface area contributed by atoms with Crippen LogP contribution in [-0.2, 0) is 13.5 Å². The lowest BCUT2D eigenvalue weighted by Crippen LogP contribution is -2.27. The van der Waals surface area contributed by atoms with Gasteiger partial charge in [0.1, 0.15) is 0 Å². The van der Waals surface area contributed by atoms with E-state index in [0.717, 1.165) is 37.2 Å². The zero-order valence-corrected chi connectivity index (χ0v) is 10.9. The van der Waals surface area contributed by atoms with E-state index >= 15 is 0 Å². The van der Waals surface area contributed by atoms with Gasteiger partial charge in [0.2, 0.25) is 0 Å². The molecule has 0 aliphatic heterocycles. The van der Waals surface area contributed by atoms with Crippen molar-refractivity contribution in [2.75, 3.05) is 13.1 Å². The van der Waals surface area contributed by atoms with Crippen molar-refractivity contribution < 1.29 is 0 Å². The van der Waals surface area contributed by atoms with Crippen molar-refractivity contribution in [1.29, 1.82) is 0 Å². The standard InChI is InChI=1S/C12H23N5/c1-3-7-13-9-11-6-4-5-10(11)8-12-14-16-17(2)15-12/h10-11,13H,3-9H2,1-2H3. The van der Waals surface area contributed by atoms with E-state index < -0.39 is 0 Å². The van der Waals surface area contributed by atoms with Crippen LogP contribution in [0.3, 0.4) is 0 Å². The first-order valence-corrected chi connectivity index (χ1v) is 6.73. The minimum atomic E-state index is 0.739. The first-order chi connectivity index (χ1) is 8.29. The van der Waals surface area contributed by atoms with Crippen LogP contribution in [0.5, 0.6) is 0 Å². The molecule has 0 aromatic carbocycles. The van der Waals surface area contributed by atoms with Crippen LogP contribution in [0.25, 0.3) is 0 Å². The van der Waals surface area contributed by atoms with Gasteiger partial charge in [-0.2, -0.15) is 4.80 Å². The van der Waals surface area contributed by atoms with Gasteiger partial charge < -0.3 is 5.32 Å². The van der Waals surface area contributed by atoms with Crippen LogP contribution in [0, 0.1) is 11.8 Å². The Hall–Kier alpha value is -0.970. The van der Waals surface area contributed by atoms with Crippen LogP contribution in [0.4, 0.5) is 0 Å². The minimum Gasteiger partial charge on any atom is -0.316 e. The monoisotopic (exact) mass is 237 g/mol. The van der Waals surface area contributed by atoms with Gasteiger partial charge in [0, 0.05) is 6.42 Å². The summed E-state index contributed by atoms with van der Waals surface area (Å²) in [6.45, 7) is 4.49. The van der Waals surface area contributed by atoms with Crippen LogP contribution in [0.1, 0.15) is 38.4 Å². The molecule has 1 aromatic rings. The fourth-order valence-corrected chi connectivity index (χ4v) is 2.75. The van der Waals surface area contributed by atoms with Crippen LogP contribution in [0.15, 0.2) is 0 Å². The highest BCUT2D eigenvalue weighted by molar-refractivity contribution is 4.88. The molecular formula is C12H23N5. The highest BCUT2D eigenvalue weighted by Crippen LogP contribution is 2.33. The smallest absolute Gasteiger partial charge is 0.175 e. The van der Waals surface area contributed by atoms with Crippen molar-refractivity contribution >= 4 is 0 Å². The van der Waals surface area contributed by atoms with E-state index in [4.69, 9.17) is 0 Å². The molecule has 0 spiro atoms. The molecule has 1 aromatic heterocycles. The van der Waals surface area contributed by atoms with Crippen LogP contribution >= 0.6 is 0 Å². The van der Waals surface area contributed by atoms with Crippen molar-refractivity contribution in [3.63, 3.8) is 0 Å². The Kier molecular flexibility index (Phi) is 4.48. The van der Waals surface area contributed by atoms with Gasteiger partial charge in [-0.25, -0.2) is 0 Å². The number of hydrogen-bond donors (Lipinski definition) is 1. The summed E-state index contributed by atoms with van der Waals surface area (Å²) in [4.78, 5) is 1.55. The topological polar surface area (TPSA) is 55.6 Å². The van der Waals surface area contributed by atoms with Crippen LogP contribution in [0.2, 0.25) is 0 Å². The molecule has 1 aliphatic carbocycles. The fraction of sp³-hybridized carbons (Fsp3) is 0.917. The van der Waals surface area contributed by atoms with E-state index in [1.54, 1.807) is 4.80 Å². The lowest BCUT2D eigenvalue weighted by atomic mass is 9.92. The number of nitrogens with zero attached hydrogens (tertiary/aromatic N) is 4. The third-order valence-corrected chi connectivity index (χ3v) is 3.64. The van der Waals surface area contributed by atoms with Gasteiger partial charge in [0.25, 0.3) is 0 Å². The zero-order valence-electron chi connectivity index (χ0n) is 10.9. The SMILES string of the molecule is CCCNCC1CCCC1Cc1nnn(C)n1. The molecule has 0 saturated heterocycles. The van der Waals surface area contributed by atoms with Crippen molar-refractivity contribution in [2.24, 2.45) is 18.9 Å². The number of rotatable bonds is 6. The summed E-state index contributed by atoms with van der Waals surface area (Å²) in [7, 11) is 1.82. The predicted octanol–water partition coefficient (Wildman–Crippen LogP) is 1.17. The highest BCUT2D eigenvalue weighted by atomic mass is 15.6. The Morgan fingerprint density at radius 2 is 2.18 bits per heavy atom. The number of tetrazole rings is 1. The van der Waals surface area contributed by atoms with Crippen molar-refractivity contribution in [1.82, 2.24) is 25.5 Å². The molecule has 2 atom stereocenters. The van der Waals surface area contributed by atoms with Crippen LogP contribution in [-0.4, -0.2) is 33.3 Å². The Morgan fingerprint density at radius 3 is 2.88 bits per heavy atom. The normalized spacial score (nSPS) is 24.4. The van der Waals surface area contributed by atoms with Gasteiger partial charge in [-0.15, -0.1) is 10.2 Å². The van der Waals surface area contributed by atoms with E-state index in [0.29, 0.717) is 0 Å². The summed E-state index contributed by atoms with van der Waals surface area (Å²) >= 11 is 0. The summed E-state index contributed by atoms with van der Waals surface area (Å²) in [6.07, 6.45) is 6.22. The predicted molar refractivity (Wildman–Crippen MR) is 66.5 cm³/mol.